The molecule has 1 aliphatic rings. The maximum Gasteiger partial charge on any atom is 0.387 e. The van der Waals surface area contributed by atoms with Gasteiger partial charge in [0.15, 0.2) is 0 Å². The molecule has 1 aliphatic carbocycles. The van der Waals surface area contributed by atoms with Crippen LogP contribution in [0.5, 0.6) is 11.5 Å². The summed E-state index contributed by atoms with van der Waals surface area (Å²) in [5.74, 6) is -2.91. The number of aromatic nitrogens is 2. The van der Waals surface area contributed by atoms with Gasteiger partial charge in [-0.25, -0.2) is 13.5 Å². The lowest BCUT2D eigenvalue weighted by Crippen LogP contribution is -2.23. The highest BCUT2D eigenvalue weighted by molar-refractivity contribution is 6.06. The van der Waals surface area contributed by atoms with Crippen LogP contribution in [0.15, 0.2) is 41.2 Å². The number of anilines is 1. The number of amides is 1. The third-order valence-electron chi connectivity index (χ3n) is 5.27. The van der Waals surface area contributed by atoms with Crippen LogP contribution in [0, 0.1) is 11.6 Å². The van der Waals surface area contributed by atoms with E-state index in [1.807, 2.05) is 0 Å². The number of nitrogens with one attached hydrogen (secondary N) is 1. The summed E-state index contributed by atoms with van der Waals surface area (Å²) in [6.07, 6.45) is 1.42. The van der Waals surface area contributed by atoms with Crippen LogP contribution in [-0.4, -0.2) is 29.0 Å². The Kier molecular flexibility index (Phi) is 5.88. The minimum Gasteiger partial charge on any atom is -0.497 e. The van der Waals surface area contributed by atoms with Gasteiger partial charge < -0.3 is 14.8 Å². The second-order valence-electron chi connectivity index (χ2n) is 7.45. The normalized spacial score (nSPS) is 13.3. The second-order valence-corrected chi connectivity index (χ2v) is 7.45. The van der Waals surface area contributed by atoms with Crippen LogP contribution < -0.4 is 20.3 Å². The van der Waals surface area contributed by atoms with E-state index in [4.69, 9.17) is 4.74 Å². The van der Waals surface area contributed by atoms with Crippen molar-refractivity contribution in [1.29, 1.82) is 0 Å². The molecule has 11 heteroatoms. The van der Waals surface area contributed by atoms with Crippen molar-refractivity contribution in [3.63, 3.8) is 0 Å². The number of alkyl halides is 2. The molecule has 33 heavy (non-hydrogen) atoms. The molecule has 1 aromatic heterocycles. The molecule has 7 nitrogen and oxygen atoms in total. The zero-order valence-corrected chi connectivity index (χ0v) is 17.6. The number of nitrogens with zero attached hydrogens (tertiary/aromatic N) is 2. The number of ether oxygens (including phenoxy) is 2. The van der Waals surface area contributed by atoms with Crippen molar-refractivity contribution in [1.82, 2.24) is 9.36 Å². The molecule has 1 fully saturated rings. The lowest BCUT2D eigenvalue weighted by molar-refractivity contribution is -0.0498. The van der Waals surface area contributed by atoms with Gasteiger partial charge in [0.25, 0.3) is 11.5 Å². The van der Waals surface area contributed by atoms with E-state index in [2.05, 4.69) is 10.1 Å². The minimum absolute atomic E-state index is 0.0273. The molecule has 1 saturated carbocycles. The number of methoxy groups -OCH3 is 1. The fourth-order valence-corrected chi connectivity index (χ4v) is 3.62. The van der Waals surface area contributed by atoms with Crippen LogP contribution in [0.25, 0.3) is 11.3 Å². The quantitative estimate of drug-likeness (QED) is 0.528. The highest BCUT2D eigenvalue weighted by atomic mass is 19.3. The average Bonchev–Trinajstić information content (AvgIpc) is 3.56. The van der Waals surface area contributed by atoms with Gasteiger partial charge in [-0.05, 0) is 37.1 Å². The van der Waals surface area contributed by atoms with Gasteiger partial charge in [0.2, 0.25) is 0 Å². The number of carbonyl (C=O) groups excluding carboxylic acids is 1. The number of rotatable bonds is 7. The van der Waals surface area contributed by atoms with E-state index in [1.165, 1.54) is 35.7 Å². The van der Waals surface area contributed by atoms with Crippen molar-refractivity contribution in [3.8, 4) is 22.8 Å². The van der Waals surface area contributed by atoms with E-state index >= 15 is 0 Å². The molecule has 174 valence electrons. The van der Waals surface area contributed by atoms with E-state index in [-0.39, 0.29) is 34.5 Å². The largest absolute Gasteiger partial charge is 0.497 e. The molecule has 0 aliphatic heterocycles. The van der Waals surface area contributed by atoms with Crippen LogP contribution in [0.3, 0.4) is 0 Å². The number of carbonyl (C=O) groups is 1. The Balaban J connectivity index is 1.77. The van der Waals surface area contributed by atoms with Crippen LogP contribution in [0.1, 0.15) is 29.2 Å². The smallest absolute Gasteiger partial charge is 0.387 e. The monoisotopic (exact) mass is 465 g/mol. The van der Waals surface area contributed by atoms with Crippen LogP contribution in [0.2, 0.25) is 0 Å². The van der Waals surface area contributed by atoms with Gasteiger partial charge in [0.1, 0.15) is 28.8 Å². The minimum atomic E-state index is -3.02. The summed E-state index contributed by atoms with van der Waals surface area (Å²) in [7, 11) is 2.74. The van der Waals surface area contributed by atoms with Crippen molar-refractivity contribution in [2.45, 2.75) is 25.5 Å². The predicted molar refractivity (Wildman–Crippen MR) is 111 cm³/mol. The lowest BCUT2D eigenvalue weighted by Gasteiger charge is -2.13. The number of halogens is 4. The van der Waals surface area contributed by atoms with E-state index in [9.17, 15) is 27.2 Å². The van der Waals surface area contributed by atoms with Gasteiger partial charge in [0.05, 0.1) is 24.4 Å². The van der Waals surface area contributed by atoms with Gasteiger partial charge in [-0.3, -0.25) is 14.3 Å². The highest BCUT2D eigenvalue weighted by Crippen LogP contribution is 2.38. The summed E-state index contributed by atoms with van der Waals surface area (Å²) in [6.45, 7) is -3.02. The van der Waals surface area contributed by atoms with Crippen molar-refractivity contribution in [3.05, 3.63) is 63.9 Å². The Morgan fingerprint density at radius 1 is 1.09 bits per heavy atom. The van der Waals surface area contributed by atoms with Crippen molar-refractivity contribution in [2.24, 2.45) is 7.05 Å². The van der Waals surface area contributed by atoms with Gasteiger partial charge in [0, 0.05) is 24.7 Å². The number of hydrogen-bond acceptors (Lipinski definition) is 4. The average molecular weight is 465 g/mol. The first kappa shape index (κ1) is 22.4. The summed E-state index contributed by atoms with van der Waals surface area (Å²) in [5, 5.41) is 2.43. The Bertz CT molecular complexity index is 1240. The first-order chi connectivity index (χ1) is 15.7. The fraction of sp³-hybridized carbons (Fsp3) is 0.273. The summed E-state index contributed by atoms with van der Waals surface area (Å²) in [5.41, 5.74) is -1.53. The van der Waals surface area contributed by atoms with Gasteiger partial charge in [-0.2, -0.15) is 8.78 Å². The standard InChI is InChI=1S/C22H19F4N3O4/c1-28-19(17-15(23)9-14(32-2)10-16(17)24)18(21(31)29(28)12-5-6-12)27-20(30)11-3-7-13(8-4-11)33-22(25)26/h3-4,7-10,12,22H,5-6H2,1-2H3,(H,27,30). The second kappa shape index (κ2) is 8.64. The Morgan fingerprint density at radius 2 is 1.70 bits per heavy atom. The van der Waals surface area contributed by atoms with E-state index in [0.717, 1.165) is 24.3 Å². The molecule has 0 unspecified atom stereocenters. The Hall–Kier alpha value is -3.76. The third kappa shape index (κ3) is 4.30. The molecule has 0 radical (unpaired) electrons. The summed E-state index contributed by atoms with van der Waals surface area (Å²) < 4.78 is 66.2. The molecule has 3 aromatic rings. The molecule has 2 aromatic carbocycles. The first-order valence-corrected chi connectivity index (χ1v) is 9.92. The summed E-state index contributed by atoms with van der Waals surface area (Å²) in [4.78, 5) is 25.9. The molecule has 0 spiro atoms. The predicted octanol–water partition coefficient (Wildman–Crippen LogP) is 4.33. The molecule has 1 N–H and O–H groups in total. The molecular weight excluding hydrogens is 446 g/mol. The van der Waals surface area contributed by atoms with Crippen LogP contribution in [0.4, 0.5) is 23.2 Å². The number of benzene rings is 2. The Morgan fingerprint density at radius 3 is 2.21 bits per heavy atom. The van der Waals surface area contributed by atoms with Crippen molar-refractivity contribution < 1.29 is 31.8 Å². The van der Waals surface area contributed by atoms with Crippen LogP contribution >= 0.6 is 0 Å². The third-order valence-corrected chi connectivity index (χ3v) is 5.27. The summed E-state index contributed by atoms with van der Waals surface area (Å²) >= 11 is 0. The van der Waals surface area contributed by atoms with Gasteiger partial charge in [-0.1, -0.05) is 0 Å². The topological polar surface area (TPSA) is 74.5 Å². The SMILES string of the molecule is COc1cc(F)c(-c2c(NC(=O)c3ccc(OC(F)F)cc3)c(=O)n(C3CC3)n2C)c(F)c1. The Labute approximate surface area is 185 Å². The van der Waals surface area contributed by atoms with Gasteiger partial charge in [-0.15, -0.1) is 0 Å². The first-order valence-electron chi connectivity index (χ1n) is 9.92. The summed E-state index contributed by atoms with van der Waals surface area (Å²) in [6, 6.07) is 6.58. The van der Waals surface area contributed by atoms with Crippen molar-refractivity contribution in [2.75, 3.05) is 12.4 Å². The molecular formula is C22H19F4N3O4. The van der Waals surface area contributed by atoms with Crippen molar-refractivity contribution >= 4 is 11.6 Å². The fourth-order valence-electron chi connectivity index (χ4n) is 3.62. The van der Waals surface area contributed by atoms with E-state index < -0.39 is 35.3 Å². The lowest BCUT2D eigenvalue weighted by atomic mass is 10.1. The number of hydrogen-bond donors (Lipinski definition) is 1. The molecule has 0 atom stereocenters. The molecule has 0 saturated heterocycles. The van der Waals surface area contributed by atoms with E-state index in [0.29, 0.717) is 12.8 Å². The van der Waals surface area contributed by atoms with E-state index in [1.54, 1.807) is 0 Å². The highest BCUT2D eigenvalue weighted by Gasteiger charge is 2.33. The maximum absolute atomic E-state index is 14.9. The molecule has 4 rings (SSSR count). The molecule has 0 bridgehead atoms. The molecule has 1 heterocycles. The zero-order chi connectivity index (χ0) is 23.9. The van der Waals surface area contributed by atoms with Crippen LogP contribution in [-0.2, 0) is 7.05 Å². The zero-order valence-electron chi connectivity index (χ0n) is 17.6. The van der Waals surface area contributed by atoms with Gasteiger partial charge >= 0.3 is 6.61 Å². The maximum atomic E-state index is 14.9. The molecule has 1 amide bonds.